The standard InChI is InChI=1S/C10H18N2OS/c1-7-9(14-6-12-7)5-11-8(2)10(3,4)13/h6,8,11,13H,5H2,1-4H3. The Morgan fingerprint density at radius 1 is 1.64 bits per heavy atom. The molecule has 1 rings (SSSR count). The van der Waals surface area contributed by atoms with Gasteiger partial charge < -0.3 is 10.4 Å². The highest BCUT2D eigenvalue weighted by Gasteiger charge is 2.21. The van der Waals surface area contributed by atoms with E-state index in [-0.39, 0.29) is 6.04 Å². The Balaban J connectivity index is 2.46. The summed E-state index contributed by atoms with van der Waals surface area (Å²) in [5.74, 6) is 0. The van der Waals surface area contributed by atoms with E-state index in [4.69, 9.17) is 0 Å². The number of aryl methyl sites for hydroxylation is 1. The first-order valence-corrected chi connectivity index (χ1v) is 5.64. The van der Waals surface area contributed by atoms with E-state index in [0.29, 0.717) is 0 Å². The Morgan fingerprint density at radius 3 is 2.71 bits per heavy atom. The number of hydrogen-bond acceptors (Lipinski definition) is 4. The molecule has 0 spiro atoms. The molecule has 0 bridgehead atoms. The summed E-state index contributed by atoms with van der Waals surface area (Å²) in [7, 11) is 0. The zero-order valence-electron chi connectivity index (χ0n) is 9.16. The first kappa shape index (κ1) is 11.6. The summed E-state index contributed by atoms with van der Waals surface area (Å²) in [6.45, 7) is 8.38. The Hall–Kier alpha value is -0.450. The fourth-order valence-electron chi connectivity index (χ4n) is 0.991. The number of aliphatic hydroxyl groups is 1. The van der Waals surface area contributed by atoms with E-state index in [1.165, 1.54) is 4.88 Å². The SMILES string of the molecule is Cc1ncsc1CNC(C)C(C)(C)O. The van der Waals surface area contributed by atoms with Gasteiger partial charge in [0, 0.05) is 17.5 Å². The minimum atomic E-state index is -0.682. The molecule has 0 fully saturated rings. The lowest BCUT2D eigenvalue weighted by molar-refractivity contribution is 0.0438. The van der Waals surface area contributed by atoms with Gasteiger partial charge in [-0.1, -0.05) is 0 Å². The zero-order chi connectivity index (χ0) is 10.8. The van der Waals surface area contributed by atoms with Gasteiger partial charge in [-0.15, -0.1) is 11.3 Å². The molecule has 1 atom stereocenters. The van der Waals surface area contributed by atoms with Crippen molar-refractivity contribution in [3.63, 3.8) is 0 Å². The molecule has 1 unspecified atom stereocenters. The summed E-state index contributed by atoms with van der Waals surface area (Å²) in [4.78, 5) is 5.41. The van der Waals surface area contributed by atoms with Crippen molar-refractivity contribution in [1.29, 1.82) is 0 Å². The van der Waals surface area contributed by atoms with Gasteiger partial charge in [0.25, 0.3) is 0 Å². The van der Waals surface area contributed by atoms with Gasteiger partial charge in [-0.2, -0.15) is 0 Å². The highest BCUT2D eigenvalue weighted by molar-refractivity contribution is 7.09. The molecule has 0 aliphatic rings. The van der Waals surface area contributed by atoms with Gasteiger partial charge in [0.15, 0.2) is 0 Å². The number of thiazole rings is 1. The molecule has 0 aromatic carbocycles. The number of hydrogen-bond donors (Lipinski definition) is 2. The highest BCUT2D eigenvalue weighted by atomic mass is 32.1. The fraction of sp³-hybridized carbons (Fsp3) is 0.700. The van der Waals surface area contributed by atoms with Crippen molar-refractivity contribution in [2.24, 2.45) is 0 Å². The molecule has 1 heterocycles. The normalized spacial score (nSPS) is 14.4. The van der Waals surface area contributed by atoms with Gasteiger partial charge in [0.05, 0.1) is 16.8 Å². The molecule has 0 saturated heterocycles. The molecule has 14 heavy (non-hydrogen) atoms. The molecular formula is C10H18N2OS. The predicted octanol–water partition coefficient (Wildman–Crippen LogP) is 1.70. The third-order valence-corrected chi connectivity index (χ3v) is 3.41. The van der Waals surface area contributed by atoms with Crippen molar-refractivity contribution in [3.8, 4) is 0 Å². The van der Waals surface area contributed by atoms with E-state index in [0.717, 1.165) is 12.2 Å². The number of nitrogens with zero attached hydrogens (tertiary/aromatic N) is 1. The summed E-state index contributed by atoms with van der Waals surface area (Å²) < 4.78 is 0. The van der Waals surface area contributed by atoms with Crippen LogP contribution >= 0.6 is 11.3 Å². The average molecular weight is 214 g/mol. The first-order chi connectivity index (χ1) is 6.41. The van der Waals surface area contributed by atoms with Crippen LogP contribution in [0.25, 0.3) is 0 Å². The van der Waals surface area contributed by atoms with Crippen LogP contribution in [-0.4, -0.2) is 21.7 Å². The van der Waals surface area contributed by atoms with Crippen LogP contribution in [0.5, 0.6) is 0 Å². The summed E-state index contributed by atoms with van der Waals surface area (Å²) in [5, 5.41) is 13.0. The third kappa shape index (κ3) is 3.04. The monoisotopic (exact) mass is 214 g/mol. The van der Waals surface area contributed by atoms with Crippen molar-refractivity contribution in [1.82, 2.24) is 10.3 Å². The Labute approximate surface area is 89.2 Å². The van der Waals surface area contributed by atoms with Crippen LogP contribution in [0.15, 0.2) is 5.51 Å². The van der Waals surface area contributed by atoms with Crippen molar-refractivity contribution >= 4 is 11.3 Å². The quantitative estimate of drug-likeness (QED) is 0.802. The summed E-state index contributed by atoms with van der Waals surface area (Å²) in [6.07, 6.45) is 0. The summed E-state index contributed by atoms with van der Waals surface area (Å²) >= 11 is 1.65. The van der Waals surface area contributed by atoms with Crippen molar-refractivity contribution in [2.45, 2.75) is 45.9 Å². The molecule has 0 radical (unpaired) electrons. The Morgan fingerprint density at radius 2 is 2.29 bits per heavy atom. The smallest absolute Gasteiger partial charge is 0.0798 e. The molecule has 2 N–H and O–H groups in total. The van der Waals surface area contributed by atoms with Crippen LogP contribution in [0.3, 0.4) is 0 Å². The van der Waals surface area contributed by atoms with Gasteiger partial charge in [-0.25, -0.2) is 4.98 Å². The number of nitrogens with one attached hydrogen (secondary N) is 1. The molecule has 0 amide bonds. The van der Waals surface area contributed by atoms with Gasteiger partial charge in [-0.3, -0.25) is 0 Å². The van der Waals surface area contributed by atoms with Gasteiger partial charge in [0.1, 0.15) is 0 Å². The second-order valence-corrected chi connectivity index (χ2v) is 5.06. The number of rotatable bonds is 4. The molecule has 0 saturated carbocycles. The molecule has 0 aliphatic heterocycles. The van der Waals surface area contributed by atoms with Crippen LogP contribution in [0.1, 0.15) is 31.3 Å². The first-order valence-electron chi connectivity index (χ1n) is 4.76. The summed E-state index contributed by atoms with van der Waals surface area (Å²) in [5.41, 5.74) is 2.24. The van der Waals surface area contributed by atoms with E-state index < -0.39 is 5.60 Å². The molecule has 4 heteroatoms. The lowest BCUT2D eigenvalue weighted by Crippen LogP contribution is -2.44. The van der Waals surface area contributed by atoms with Crippen LogP contribution in [0.4, 0.5) is 0 Å². The van der Waals surface area contributed by atoms with E-state index >= 15 is 0 Å². The van der Waals surface area contributed by atoms with E-state index in [1.54, 1.807) is 11.3 Å². The maximum atomic E-state index is 9.71. The van der Waals surface area contributed by atoms with E-state index in [1.807, 2.05) is 33.2 Å². The Kier molecular flexibility index (Phi) is 3.64. The molecule has 3 nitrogen and oxygen atoms in total. The van der Waals surface area contributed by atoms with E-state index in [9.17, 15) is 5.11 Å². The van der Waals surface area contributed by atoms with Gasteiger partial charge in [0.2, 0.25) is 0 Å². The maximum absolute atomic E-state index is 9.71. The Bertz CT molecular complexity index is 291. The second kappa shape index (κ2) is 4.38. The van der Waals surface area contributed by atoms with Gasteiger partial charge in [-0.05, 0) is 27.7 Å². The van der Waals surface area contributed by atoms with Crippen molar-refractivity contribution in [3.05, 3.63) is 16.1 Å². The molecule has 80 valence electrons. The highest BCUT2D eigenvalue weighted by Crippen LogP contribution is 2.13. The summed E-state index contributed by atoms with van der Waals surface area (Å²) in [6, 6.07) is 0.0731. The minimum Gasteiger partial charge on any atom is -0.389 e. The van der Waals surface area contributed by atoms with Crippen LogP contribution < -0.4 is 5.32 Å². The minimum absolute atomic E-state index is 0.0731. The van der Waals surface area contributed by atoms with Gasteiger partial charge >= 0.3 is 0 Å². The zero-order valence-corrected chi connectivity index (χ0v) is 9.98. The fourth-order valence-corrected chi connectivity index (χ4v) is 1.72. The third-order valence-electron chi connectivity index (χ3n) is 2.47. The molecule has 1 aromatic heterocycles. The van der Waals surface area contributed by atoms with Crippen LogP contribution in [-0.2, 0) is 6.54 Å². The van der Waals surface area contributed by atoms with E-state index in [2.05, 4.69) is 10.3 Å². The second-order valence-electron chi connectivity index (χ2n) is 4.12. The largest absolute Gasteiger partial charge is 0.389 e. The maximum Gasteiger partial charge on any atom is 0.0798 e. The molecule has 1 aromatic rings. The molecular weight excluding hydrogens is 196 g/mol. The topological polar surface area (TPSA) is 45.2 Å². The molecule has 0 aliphatic carbocycles. The lowest BCUT2D eigenvalue weighted by atomic mass is 10.0. The average Bonchev–Trinajstić information content (AvgIpc) is 2.45. The van der Waals surface area contributed by atoms with Crippen molar-refractivity contribution in [2.75, 3.05) is 0 Å². The number of aromatic nitrogens is 1. The van der Waals surface area contributed by atoms with Crippen LogP contribution in [0, 0.1) is 6.92 Å². The van der Waals surface area contributed by atoms with Crippen molar-refractivity contribution < 1.29 is 5.11 Å². The predicted molar refractivity (Wildman–Crippen MR) is 59.5 cm³/mol. The lowest BCUT2D eigenvalue weighted by Gasteiger charge is -2.26. The van der Waals surface area contributed by atoms with Crippen LogP contribution in [0.2, 0.25) is 0 Å².